The molecule has 1 aliphatic carbocycles. The topological polar surface area (TPSA) is 26.3 Å². The van der Waals surface area contributed by atoms with E-state index in [0.717, 1.165) is 25.7 Å². The molecule has 0 aromatic carbocycles. The highest BCUT2D eigenvalue weighted by molar-refractivity contribution is 5.70. The molecular formula is C12H20O2. The molecule has 1 spiro atoms. The second-order valence-electron chi connectivity index (χ2n) is 4.78. The Hall–Kier alpha value is -0.530. The number of rotatable bonds is 0. The smallest absolute Gasteiger partial charge is 0.306 e. The van der Waals surface area contributed by atoms with E-state index in [9.17, 15) is 4.79 Å². The first-order chi connectivity index (χ1) is 6.81. The van der Waals surface area contributed by atoms with Gasteiger partial charge in [-0.2, -0.15) is 0 Å². The number of ether oxygens (including phenoxy) is 1. The van der Waals surface area contributed by atoms with E-state index in [1.54, 1.807) is 0 Å². The van der Waals surface area contributed by atoms with Crippen molar-refractivity contribution in [2.45, 2.75) is 69.8 Å². The minimum absolute atomic E-state index is 0.0387. The monoisotopic (exact) mass is 196 g/mol. The molecule has 80 valence electrons. The molecule has 0 amide bonds. The first-order valence-corrected chi connectivity index (χ1v) is 6.03. The van der Waals surface area contributed by atoms with Gasteiger partial charge >= 0.3 is 5.97 Å². The zero-order chi connectivity index (χ0) is 9.86. The second-order valence-corrected chi connectivity index (χ2v) is 4.78. The lowest BCUT2D eigenvalue weighted by Crippen LogP contribution is -2.39. The molecule has 1 saturated carbocycles. The molecule has 2 nitrogen and oxygen atoms in total. The van der Waals surface area contributed by atoms with Crippen LogP contribution in [-0.2, 0) is 9.53 Å². The fraction of sp³-hybridized carbons (Fsp3) is 0.917. The zero-order valence-electron chi connectivity index (χ0n) is 8.89. The molecule has 1 heterocycles. The van der Waals surface area contributed by atoms with Gasteiger partial charge < -0.3 is 4.74 Å². The molecule has 14 heavy (non-hydrogen) atoms. The maximum absolute atomic E-state index is 11.3. The first kappa shape index (κ1) is 10.0. The summed E-state index contributed by atoms with van der Waals surface area (Å²) in [6.45, 7) is 0. The van der Waals surface area contributed by atoms with Crippen molar-refractivity contribution in [3.63, 3.8) is 0 Å². The van der Waals surface area contributed by atoms with Crippen LogP contribution in [0.25, 0.3) is 0 Å². The second kappa shape index (κ2) is 4.33. The number of hydrogen-bond donors (Lipinski definition) is 0. The molecule has 0 radical (unpaired) electrons. The van der Waals surface area contributed by atoms with Gasteiger partial charge in [-0.1, -0.05) is 19.3 Å². The van der Waals surface area contributed by atoms with Crippen molar-refractivity contribution in [2.24, 2.45) is 0 Å². The number of hydrogen-bond acceptors (Lipinski definition) is 2. The van der Waals surface area contributed by atoms with Crippen molar-refractivity contribution in [1.29, 1.82) is 0 Å². The Bertz CT molecular complexity index is 202. The van der Waals surface area contributed by atoms with Gasteiger partial charge in [-0.3, -0.25) is 4.79 Å². The maximum atomic E-state index is 11.3. The van der Waals surface area contributed by atoms with Crippen LogP contribution in [0.5, 0.6) is 0 Å². The third-order valence-electron chi connectivity index (χ3n) is 3.61. The third-order valence-corrected chi connectivity index (χ3v) is 3.61. The fourth-order valence-corrected chi connectivity index (χ4v) is 2.80. The van der Waals surface area contributed by atoms with E-state index < -0.39 is 0 Å². The quantitative estimate of drug-likeness (QED) is 0.556. The van der Waals surface area contributed by atoms with E-state index in [2.05, 4.69) is 0 Å². The average molecular weight is 196 g/mol. The molecule has 2 aliphatic rings. The highest BCUT2D eigenvalue weighted by Crippen LogP contribution is 2.37. The van der Waals surface area contributed by atoms with Crippen molar-refractivity contribution in [3.05, 3.63) is 0 Å². The van der Waals surface area contributed by atoms with Crippen LogP contribution in [0, 0.1) is 0 Å². The van der Waals surface area contributed by atoms with Gasteiger partial charge in [-0.25, -0.2) is 0 Å². The SMILES string of the molecule is O=C1CCCC2(CCCCCCC2)O1. The Morgan fingerprint density at radius 3 is 2.07 bits per heavy atom. The van der Waals surface area contributed by atoms with Gasteiger partial charge in [-0.15, -0.1) is 0 Å². The summed E-state index contributed by atoms with van der Waals surface area (Å²) in [6, 6.07) is 0. The summed E-state index contributed by atoms with van der Waals surface area (Å²) in [5, 5.41) is 0. The molecule has 0 unspecified atom stereocenters. The van der Waals surface area contributed by atoms with E-state index in [1.165, 1.54) is 32.1 Å². The maximum Gasteiger partial charge on any atom is 0.306 e. The van der Waals surface area contributed by atoms with Gasteiger partial charge in [0.15, 0.2) is 0 Å². The van der Waals surface area contributed by atoms with E-state index in [4.69, 9.17) is 4.74 Å². The summed E-state index contributed by atoms with van der Waals surface area (Å²) in [5.41, 5.74) is -0.0459. The van der Waals surface area contributed by atoms with Gasteiger partial charge in [0.05, 0.1) is 0 Å². The van der Waals surface area contributed by atoms with Crippen LogP contribution in [0.1, 0.15) is 64.2 Å². The molecule has 0 aromatic heterocycles. The molecule has 1 aliphatic heterocycles. The van der Waals surface area contributed by atoms with Crippen molar-refractivity contribution in [1.82, 2.24) is 0 Å². The largest absolute Gasteiger partial charge is 0.459 e. The van der Waals surface area contributed by atoms with Gasteiger partial charge in [-0.05, 0) is 38.5 Å². The number of carbonyl (C=O) groups excluding carboxylic acids is 1. The van der Waals surface area contributed by atoms with Crippen LogP contribution in [0.4, 0.5) is 0 Å². The average Bonchev–Trinajstić information content (AvgIpc) is 2.12. The van der Waals surface area contributed by atoms with E-state index >= 15 is 0 Å². The summed E-state index contributed by atoms with van der Waals surface area (Å²) in [5.74, 6) is 0.0387. The Morgan fingerprint density at radius 2 is 1.43 bits per heavy atom. The number of esters is 1. The zero-order valence-corrected chi connectivity index (χ0v) is 8.89. The van der Waals surface area contributed by atoms with Crippen LogP contribution in [0.2, 0.25) is 0 Å². The number of carbonyl (C=O) groups is 1. The molecule has 0 aromatic rings. The summed E-state index contributed by atoms with van der Waals surface area (Å²) < 4.78 is 5.61. The Balaban J connectivity index is 1.99. The molecule has 2 rings (SSSR count). The molecule has 0 atom stereocenters. The Morgan fingerprint density at radius 1 is 0.857 bits per heavy atom. The minimum Gasteiger partial charge on any atom is -0.459 e. The van der Waals surface area contributed by atoms with Crippen LogP contribution >= 0.6 is 0 Å². The predicted molar refractivity (Wildman–Crippen MR) is 55.0 cm³/mol. The standard InChI is InChI=1S/C12H20O2/c13-11-7-6-10-12(14-11)8-4-2-1-3-5-9-12/h1-10H2. The van der Waals surface area contributed by atoms with E-state index in [-0.39, 0.29) is 11.6 Å². The normalized spacial score (nSPS) is 27.9. The van der Waals surface area contributed by atoms with Crippen molar-refractivity contribution < 1.29 is 9.53 Å². The molecule has 0 N–H and O–H groups in total. The lowest BCUT2D eigenvalue weighted by Gasteiger charge is -2.38. The molecular weight excluding hydrogens is 176 g/mol. The van der Waals surface area contributed by atoms with Crippen molar-refractivity contribution in [2.75, 3.05) is 0 Å². The summed E-state index contributed by atoms with van der Waals surface area (Å²) in [7, 11) is 0. The lowest BCUT2D eigenvalue weighted by molar-refractivity contribution is -0.170. The van der Waals surface area contributed by atoms with Gasteiger partial charge in [0.25, 0.3) is 0 Å². The summed E-state index contributed by atoms with van der Waals surface area (Å²) >= 11 is 0. The highest BCUT2D eigenvalue weighted by atomic mass is 16.6. The minimum atomic E-state index is -0.0459. The van der Waals surface area contributed by atoms with E-state index in [0.29, 0.717) is 6.42 Å². The predicted octanol–water partition coefficient (Wildman–Crippen LogP) is 3.20. The van der Waals surface area contributed by atoms with Gasteiger partial charge in [0.2, 0.25) is 0 Å². The van der Waals surface area contributed by atoms with E-state index in [1.807, 2.05) is 0 Å². The Labute approximate surface area is 86.0 Å². The molecule has 0 bridgehead atoms. The molecule has 2 heteroatoms. The fourth-order valence-electron chi connectivity index (χ4n) is 2.80. The highest BCUT2D eigenvalue weighted by Gasteiger charge is 2.36. The van der Waals surface area contributed by atoms with Crippen molar-refractivity contribution >= 4 is 5.97 Å². The summed E-state index contributed by atoms with van der Waals surface area (Å²) in [4.78, 5) is 11.3. The van der Waals surface area contributed by atoms with Crippen LogP contribution in [-0.4, -0.2) is 11.6 Å². The van der Waals surface area contributed by atoms with Crippen LogP contribution in [0.3, 0.4) is 0 Å². The third kappa shape index (κ3) is 2.28. The summed E-state index contributed by atoms with van der Waals surface area (Å²) in [6.07, 6.45) is 11.5. The molecule has 1 saturated heterocycles. The first-order valence-electron chi connectivity index (χ1n) is 6.03. The van der Waals surface area contributed by atoms with Crippen LogP contribution < -0.4 is 0 Å². The van der Waals surface area contributed by atoms with Crippen molar-refractivity contribution in [3.8, 4) is 0 Å². The molecule has 2 fully saturated rings. The lowest BCUT2D eigenvalue weighted by atomic mass is 9.82. The van der Waals surface area contributed by atoms with Gasteiger partial charge in [0, 0.05) is 6.42 Å². The Kier molecular flexibility index (Phi) is 3.09. The van der Waals surface area contributed by atoms with Gasteiger partial charge in [0.1, 0.15) is 5.60 Å². The van der Waals surface area contributed by atoms with Crippen LogP contribution in [0.15, 0.2) is 0 Å².